The standard InChI is InChI=1S/C29H29F2N7O3/c1-37-12-14-38(15-13-37)17-22-25-24(8-11-32-26(25)36-35-22)41-23-7-6-20(16-21(23)31)34-28(40)29(9-10-29)27(39)33-19-4-2-18(30)3-5-19/h2-8,11,16H,9-10,12-15,17H2,1H3,(H,33,39)(H,34,40)(H,32,35,36). The first kappa shape index (κ1) is 26.8. The Morgan fingerprint density at radius 3 is 2.32 bits per heavy atom. The summed E-state index contributed by atoms with van der Waals surface area (Å²) in [5, 5.41) is 13.3. The van der Waals surface area contributed by atoms with Gasteiger partial charge in [0.1, 0.15) is 17.0 Å². The second-order valence-corrected chi connectivity index (χ2v) is 10.5. The number of benzene rings is 2. The molecule has 2 fully saturated rings. The van der Waals surface area contributed by atoms with Crippen LogP contribution in [0.4, 0.5) is 20.2 Å². The smallest absolute Gasteiger partial charge is 0.240 e. The summed E-state index contributed by atoms with van der Waals surface area (Å²) in [6.45, 7) is 4.43. The zero-order valence-electron chi connectivity index (χ0n) is 22.4. The minimum Gasteiger partial charge on any atom is -0.453 e. The fourth-order valence-electron chi connectivity index (χ4n) is 4.90. The average molecular weight is 562 g/mol. The molecule has 212 valence electrons. The molecule has 0 bridgehead atoms. The normalized spacial score (nSPS) is 16.9. The van der Waals surface area contributed by atoms with E-state index in [0.29, 0.717) is 41.9 Å². The third-order valence-corrected chi connectivity index (χ3v) is 7.60. The Bertz CT molecular complexity index is 1600. The van der Waals surface area contributed by atoms with Crippen LogP contribution in [0.15, 0.2) is 54.7 Å². The molecule has 2 amide bonds. The zero-order valence-corrected chi connectivity index (χ0v) is 22.4. The highest BCUT2D eigenvalue weighted by atomic mass is 19.1. The molecule has 2 aliphatic rings. The third kappa shape index (κ3) is 5.61. The molecular weight excluding hydrogens is 532 g/mol. The summed E-state index contributed by atoms with van der Waals surface area (Å²) in [7, 11) is 2.10. The van der Waals surface area contributed by atoms with Crippen LogP contribution in [0.5, 0.6) is 11.5 Å². The van der Waals surface area contributed by atoms with Crippen LogP contribution < -0.4 is 15.4 Å². The summed E-state index contributed by atoms with van der Waals surface area (Å²) in [4.78, 5) is 34.7. The van der Waals surface area contributed by atoms with E-state index in [2.05, 4.69) is 42.7 Å². The molecule has 4 aromatic rings. The summed E-state index contributed by atoms with van der Waals surface area (Å²) in [6, 6.07) is 11.0. The second-order valence-electron chi connectivity index (χ2n) is 10.5. The minimum absolute atomic E-state index is 0.0302. The summed E-state index contributed by atoms with van der Waals surface area (Å²) < 4.78 is 34.3. The van der Waals surface area contributed by atoms with E-state index < -0.39 is 28.9 Å². The van der Waals surface area contributed by atoms with Gasteiger partial charge in [0, 0.05) is 56.4 Å². The third-order valence-electron chi connectivity index (χ3n) is 7.60. The lowest BCUT2D eigenvalue weighted by molar-refractivity contribution is -0.131. The van der Waals surface area contributed by atoms with Crippen molar-refractivity contribution < 1.29 is 23.1 Å². The molecular formula is C29H29F2N7O3. The predicted molar refractivity (Wildman–Crippen MR) is 148 cm³/mol. The quantitative estimate of drug-likeness (QED) is 0.277. The number of ether oxygens (including phenoxy) is 1. The Morgan fingerprint density at radius 2 is 1.63 bits per heavy atom. The lowest BCUT2D eigenvalue weighted by atomic mass is 10.0. The fraction of sp³-hybridized carbons (Fsp3) is 0.310. The van der Waals surface area contributed by atoms with Crippen LogP contribution in [0, 0.1) is 17.0 Å². The molecule has 3 heterocycles. The van der Waals surface area contributed by atoms with Gasteiger partial charge in [-0.2, -0.15) is 5.10 Å². The van der Waals surface area contributed by atoms with Gasteiger partial charge in [0.05, 0.1) is 11.1 Å². The maximum Gasteiger partial charge on any atom is 0.240 e. The topological polar surface area (TPSA) is 115 Å². The molecule has 41 heavy (non-hydrogen) atoms. The number of nitrogens with one attached hydrogen (secondary N) is 3. The van der Waals surface area contributed by atoms with E-state index in [-0.39, 0.29) is 11.4 Å². The number of H-pyrrole nitrogens is 1. The molecule has 1 aliphatic carbocycles. The van der Waals surface area contributed by atoms with Crippen LogP contribution in [0.3, 0.4) is 0 Å². The molecule has 0 atom stereocenters. The molecule has 1 aliphatic heterocycles. The zero-order chi connectivity index (χ0) is 28.6. The number of carbonyl (C=O) groups excluding carboxylic acids is 2. The number of nitrogens with zero attached hydrogens (tertiary/aromatic N) is 4. The molecule has 12 heteroatoms. The highest BCUT2D eigenvalue weighted by Gasteiger charge is 2.56. The number of piperazine rings is 1. The second kappa shape index (κ2) is 10.9. The highest BCUT2D eigenvalue weighted by molar-refractivity contribution is 6.16. The number of aromatic amines is 1. The summed E-state index contributed by atoms with van der Waals surface area (Å²) in [5.74, 6) is -1.75. The van der Waals surface area contributed by atoms with Gasteiger partial charge in [-0.1, -0.05) is 0 Å². The number of amides is 2. The van der Waals surface area contributed by atoms with Crippen LogP contribution in [0.2, 0.25) is 0 Å². The van der Waals surface area contributed by atoms with Gasteiger partial charge in [-0.15, -0.1) is 0 Å². The Morgan fingerprint density at radius 1 is 0.951 bits per heavy atom. The maximum atomic E-state index is 15.2. The first-order chi connectivity index (χ1) is 19.8. The number of pyridine rings is 1. The number of hydrogen-bond acceptors (Lipinski definition) is 7. The van der Waals surface area contributed by atoms with Gasteiger partial charge >= 0.3 is 0 Å². The van der Waals surface area contributed by atoms with Crippen molar-refractivity contribution in [2.45, 2.75) is 19.4 Å². The molecule has 6 rings (SSSR count). The van der Waals surface area contributed by atoms with Crippen molar-refractivity contribution in [1.29, 1.82) is 0 Å². The van der Waals surface area contributed by atoms with Crippen molar-refractivity contribution in [1.82, 2.24) is 25.0 Å². The number of hydrogen-bond donors (Lipinski definition) is 3. The van der Waals surface area contributed by atoms with E-state index in [0.717, 1.165) is 37.9 Å². The molecule has 3 N–H and O–H groups in total. The number of rotatable bonds is 8. The largest absolute Gasteiger partial charge is 0.453 e. The Labute approximate surface area is 234 Å². The highest BCUT2D eigenvalue weighted by Crippen LogP contribution is 2.47. The van der Waals surface area contributed by atoms with Crippen molar-refractivity contribution >= 4 is 34.2 Å². The van der Waals surface area contributed by atoms with Crippen LogP contribution in [0.25, 0.3) is 11.0 Å². The van der Waals surface area contributed by atoms with Crippen LogP contribution in [-0.2, 0) is 16.1 Å². The van der Waals surface area contributed by atoms with Gasteiger partial charge in [-0.3, -0.25) is 19.6 Å². The molecule has 0 unspecified atom stereocenters. The fourth-order valence-corrected chi connectivity index (χ4v) is 4.90. The van der Waals surface area contributed by atoms with Crippen molar-refractivity contribution in [3.8, 4) is 11.5 Å². The molecule has 2 aromatic carbocycles. The lowest BCUT2D eigenvalue weighted by Gasteiger charge is -2.32. The number of aromatic nitrogens is 3. The summed E-state index contributed by atoms with van der Waals surface area (Å²) in [5.41, 5.74) is 0.636. The lowest BCUT2D eigenvalue weighted by Crippen LogP contribution is -2.43. The van der Waals surface area contributed by atoms with E-state index in [4.69, 9.17) is 4.74 Å². The molecule has 10 nitrogen and oxygen atoms in total. The van der Waals surface area contributed by atoms with Crippen LogP contribution in [-0.4, -0.2) is 70.0 Å². The Hall–Kier alpha value is -4.42. The Balaban J connectivity index is 1.14. The van der Waals surface area contributed by atoms with Gasteiger partial charge in [0.25, 0.3) is 0 Å². The summed E-state index contributed by atoms with van der Waals surface area (Å²) >= 11 is 0. The van der Waals surface area contributed by atoms with Gasteiger partial charge in [-0.25, -0.2) is 13.8 Å². The molecule has 1 saturated carbocycles. The maximum absolute atomic E-state index is 15.2. The first-order valence-corrected chi connectivity index (χ1v) is 13.4. The minimum atomic E-state index is -1.26. The van der Waals surface area contributed by atoms with Crippen LogP contribution in [0.1, 0.15) is 18.5 Å². The number of halogens is 2. The first-order valence-electron chi connectivity index (χ1n) is 13.4. The molecule has 0 spiro atoms. The molecule has 1 saturated heterocycles. The molecule has 0 radical (unpaired) electrons. The molecule has 2 aromatic heterocycles. The van der Waals surface area contributed by atoms with Gasteiger partial charge in [0.2, 0.25) is 11.8 Å². The SMILES string of the molecule is CN1CCN(Cc2[nH]nc3nccc(Oc4ccc(NC(=O)C5(C(=O)Nc6ccc(F)cc6)CC5)cc4F)c23)CC1. The van der Waals surface area contributed by atoms with E-state index in [1.165, 1.54) is 36.4 Å². The van der Waals surface area contributed by atoms with E-state index in [1.807, 2.05) is 0 Å². The average Bonchev–Trinajstić information content (AvgIpc) is 3.68. The van der Waals surface area contributed by atoms with Crippen molar-refractivity contribution in [3.05, 3.63) is 72.1 Å². The predicted octanol–water partition coefficient (Wildman–Crippen LogP) is 4.13. The van der Waals surface area contributed by atoms with E-state index in [1.54, 1.807) is 12.3 Å². The van der Waals surface area contributed by atoms with Gasteiger partial charge in [0.15, 0.2) is 17.2 Å². The Kier molecular flexibility index (Phi) is 7.10. The van der Waals surface area contributed by atoms with Crippen molar-refractivity contribution in [2.75, 3.05) is 43.9 Å². The number of anilines is 2. The van der Waals surface area contributed by atoms with Crippen LogP contribution >= 0.6 is 0 Å². The van der Waals surface area contributed by atoms with Gasteiger partial charge in [-0.05, 0) is 62.4 Å². The van der Waals surface area contributed by atoms with E-state index >= 15 is 4.39 Å². The van der Waals surface area contributed by atoms with E-state index in [9.17, 15) is 14.0 Å². The summed E-state index contributed by atoms with van der Waals surface area (Å²) in [6.07, 6.45) is 2.26. The van der Waals surface area contributed by atoms with Crippen molar-refractivity contribution in [3.63, 3.8) is 0 Å². The monoisotopic (exact) mass is 561 g/mol. The number of likely N-dealkylation sites (N-methyl/N-ethyl adjacent to an activating group) is 1. The number of carbonyl (C=O) groups is 2. The number of fused-ring (bicyclic) bond motifs is 1. The van der Waals surface area contributed by atoms with Gasteiger partial charge < -0.3 is 20.3 Å². The van der Waals surface area contributed by atoms with Crippen molar-refractivity contribution in [2.24, 2.45) is 5.41 Å².